The molecule has 0 radical (unpaired) electrons. The van der Waals surface area contributed by atoms with Crippen molar-refractivity contribution in [2.75, 3.05) is 17.3 Å². The summed E-state index contributed by atoms with van der Waals surface area (Å²) in [5.74, 6) is 3.77. The van der Waals surface area contributed by atoms with Crippen molar-refractivity contribution < 1.29 is 13.2 Å². The van der Waals surface area contributed by atoms with Crippen molar-refractivity contribution >= 4 is 11.6 Å². The lowest BCUT2D eigenvalue weighted by atomic mass is 10.4. The number of nitrogens with two attached hydrogens (primary N) is 1. The average Bonchev–Trinajstić information content (AvgIpc) is 2.90. The smallest absolute Gasteiger partial charge is 0.368 e. The summed E-state index contributed by atoms with van der Waals surface area (Å²) in [6.45, 7) is 0.922. The van der Waals surface area contributed by atoms with Gasteiger partial charge in [-0.05, 0) is 0 Å². The van der Waals surface area contributed by atoms with Crippen LogP contribution in [0.1, 0.15) is 5.82 Å². The fourth-order valence-electron chi connectivity index (χ4n) is 1.47. The third-order valence-electron chi connectivity index (χ3n) is 2.36. The van der Waals surface area contributed by atoms with Gasteiger partial charge in [-0.3, -0.25) is 0 Å². The molecule has 2 heterocycles. The molecule has 0 saturated carbocycles. The molecule has 0 aliphatic carbocycles. The van der Waals surface area contributed by atoms with Gasteiger partial charge in [0.05, 0.1) is 6.33 Å². The molecule has 20 heavy (non-hydrogen) atoms. The van der Waals surface area contributed by atoms with Crippen molar-refractivity contribution in [1.82, 2.24) is 19.5 Å². The van der Waals surface area contributed by atoms with E-state index in [0.717, 1.165) is 0 Å². The summed E-state index contributed by atoms with van der Waals surface area (Å²) in [7, 11) is 0. The molecule has 0 saturated heterocycles. The number of hydrogen-bond acceptors (Lipinski definition) is 6. The van der Waals surface area contributed by atoms with Crippen molar-refractivity contribution in [3.63, 3.8) is 0 Å². The van der Waals surface area contributed by atoms with Gasteiger partial charge < -0.3 is 15.3 Å². The van der Waals surface area contributed by atoms with Crippen molar-refractivity contribution in [2.45, 2.75) is 12.7 Å². The van der Waals surface area contributed by atoms with Gasteiger partial charge in [0.15, 0.2) is 0 Å². The number of nitrogens with zero attached hydrogens (tertiary/aromatic N) is 4. The minimum atomic E-state index is -4.63. The van der Waals surface area contributed by atoms with Crippen molar-refractivity contribution in [1.29, 1.82) is 0 Å². The van der Waals surface area contributed by atoms with E-state index in [1.165, 1.54) is 6.07 Å². The summed E-state index contributed by atoms with van der Waals surface area (Å²) < 4.78 is 39.6. The van der Waals surface area contributed by atoms with Crippen LogP contribution in [-0.2, 0) is 12.7 Å². The number of nitrogen functional groups attached to an aromatic ring is 1. The van der Waals surface area contributed by atoms with Gasteiger partial charge in [0.25, 0.3) is 0 Å². The van der Waals surface area contributed by atoms with E-state index in [0.29, 0.717) is 13.1 Å². The van der Waals surface area contributed by atoms with Gasteiger partial charge in [0.1, 0.15) is 11.6 Å². The molecule has 2 aromatic rings. The molecule has 0 aliphatic heterocycles. The Morgan fingerprint density at radius 2 is 2.00 bits per heavy atom. The summed E-state index contributed by atoms with van der Waals surface area (Å²) in [5, 5.41) is 2.77. The molecule has 7 nitrogen and oxygen atoms in total. The molecular formula is C10H12F3N7. The summed E-state index contributed by atoms with van der Waals surface area (Å²) in [5.41, 5.74) is 2.08. The van der Waals surface area contributed by atoms with Gasteiger partial charge in [0, 0.05) is 31.5 Å². The number of rotatable bonds is 5. The van der Waals surface area contributed by atoms with Gasteiger partial charge in [-0.25, -0.2) is 20.8 Å². The zero-order valence-electron chi connectivity index (χ0n) is 10.2. The largest absolute Gasteiger partial charge is 0.451 e. The van der Waals surface area contributed by atoms with E-state index in [1.807, 2.05) is 0 Å². The molecule has 4 N–H and O–H groups in total. The van der Waals surface area contributed by atoms with Crippen molar-refractivity contribution in [3.8, 4) is 0 Å². The second-order valence-corrected chi connectivity index (χ2v) is 3.83. The maximum absolute atomic E-state index is 12.6. The molecule has 0 unspecified atom stereocenters. The summed E-state index contributed by atoms with van der Waals surface area (Å²) in [6.07, 6.45) is 0.335. The van der Waals surface area contributed by atoms with Crippen molar-refractivity contribution in [3.05, 3.63) is 30.6 Å². The van der Waals surface area contributed by atoms with Crippen LogP contribution in [0.15, 0.2) is 24.8 Å². The Bertz CT molecular complexity index is 552. The van der Waals surface area contributed by atoms with Crippen LogP contribution >= 0.6 is 0 Å². The molecule has 0 amide bonds. The molecule has 0 aliphatic rings. The fraction of sp³-hybridized carbons (Fsp3) is 0.300. The quantitative estimate of drug-likeness (QED) is 0.563. The molecule has 0 aromatic carbocycles. The number of hydrazine groups is 1. The normalized spacial score (nSPS) is 11.4. The Balaban J connectivity index is 2.06. The standard InChI is InChI=1S/C10H12F3N7/c11-10(12,13)9-17-7(5-8(18-9)19-14)16-2-4-20-3-1-15-6-20/h1,3,5-6H,2,4,14H2,(H2,16,17,18,19). The zero-order chi connectivity index (χ0) is 14.6. The fourth-order valence-corrected chi connectivity index (χ4v) is 1.47. The predicted octanol–water partition coefficient (Wildman–Crippen LogP) is 1.09. The molecule has 0 bridgehead atoms. The van der Waals surface area contributed by atoms with E-state index in [1.54, 1.807) is 23.3 Å². The first-order valence-corrected chi connectivity index (χ1v) is 5.61. The molecule has 108 valence electrons. The number of alkyl halides is 3. The lowest BCUT2D eigenvalue weighted by Crippen LogP contribution is -2.18. The molecule has 0 atom stereocenters. The van der Waals surface area contributed by atoms with Gasteiger partial charge in [-0.15, -0.1) is 0 Å². The van der Waals surface area contributed by atoms with Crippen LogP contribution in [0.4, 0.5) is 24.8 Å². The first-order valence-electron chi connectivity index (χ1n) is 5.61. The molecular weight excluding hydrogens is 275 g/mol. The highest BCUT2D eigenvalue weighted by Gasteiger charge is 2.35. The van der Waals surface area contributed by atoms with E-state index < -0.39 is 12.0 Å². The number of aromatic nitrogens is 4. The highest BCUT2D eigenvalue weighted by molar-refractivity contribution is 5.47. The molecule has 0 fully saturated rings. The minimum absolute atomic E-state index is 0.0420. The maximum atomic E-state index is 12.6. The second-order valence-electron chi connectivity index (χ2n) is 3.83. The maximum Gasteiger partial charge on any atom is 0.451 e. The Kier molecular flexibility index (Phi) is 4.03. The van der Waals surface area contributed by atoms with Crippen LogP contribution in [-0.4, -0.2) is 26.1 Å². The SMILES string of the molecule is NNc1cc(NCCn2ccnc2)nc(C(F)(F)F)n1. The van der Waals surface area contributed by atoms with Crippen LogP contribution < -0.4 is 16.6 Å². The predicted molar refractivity (Wildman–Crippen MR) is 65.6 cm³/mol. The van der Waals surface area contributed by atoms with E-state index >= 15 is 0 Å². The Hall–Kier alpha value is -2.36. The Morgan fingerprint density at radius 3 is 2.60 bits per heavy atom. The minimum Gasteiger partial charge on any atom is -0.368 e. The Morgan fingerprint density at radius 1 is 1.25 bits per heavy atom. The number of nitrogens with one attached hydrogen (secondary N) is 2. The van der Waals surface area contributed by atoms with Crippen LogP contribution in [0.2, 0.25) is 0 Å². The highest BCUT2D eigenvalue weighted by Crippen LogP contribution is 2.28. The first kappa shape index (κ1) is 14.1. The zero-order valence-corrected chi connectivity index (χ0v) is 10.2. The summed E-state index contributed by atoms with van der Waals surface area (Å²) >= 11 is 0. The van der Waals surface area contributed by atoms with Crippen LogP contribution in [0, 0.1) is 0 Å². The summed E-state index contributed by atoms with van der Waals surface area (Å²) in [6, 6.07) is 1.29. The molecule has 0 spiro atoms. The third kappa shape index (κ3) is 3.57. The van der Waals surface area contributed by atoms with E-state index in [9.17, 15) is 13.2 Å². The van der Waals surface area contributed by atoms with Crippen LogP contribution in [0.5, 0.6) is 0 Å². The lowest BCUT2D eigenvalue weighted by molar-refractivity contribution is -0.144. The average molecular weight is 287 g/mol. The van der Waals surface area contributed by atoms with Gasteiger partial charge in [-0.1, -0.05) is 0 Å². The number of hydrogen-bond donors (Lipinski definition) is 3. The lowest BCUT2D eigenvalue weighted by Gasteiger charge is -2.11. The van der Waals surface area contributed by atoms with Gasteiger partial charge >= 0.3 is 6.18 Å². The van der Waals surface area contributed by atoms with E-state index in [2.05, 4.69) is 25.7 Å². The van der Waals surface area contributed by atoms with Crippen LogP contribution in [0.25, 0.3) is 0 Å². The van der Waals surface area contributed by atoms with Gasteiger partial charge in [-0.2, -0.15) is 13.2 Å². The van der Waals surface area contributed by atoms with Gasteiger partial charge in [0.2, 0.25) is 5.82 Å². The number of imidazole rings is 1. The molecule has 2 rings (SSSR count). The number of halogens is 3. The van der Waals surface area contributed by atoms with E-state index in [-0.39, 0.29) is 11.6 Å². The molecule has 2 aromatic heterocycles. The number of anilines is 2. The highest BCUT2D eigenvalue weighted by atomic mass is 19.4. The molecule has 10 heteroatoms. The first-order chi connectivity index (χ1) is 9.49. The second kappa shape index (κ2) is 5.74. The Labute approximate surface area is 112 Å². The van der Waals surface area contributed by atoms with Crippen molar-refractivity contribution in [2.24, 2.45) is 5.84 Å². The van der Waals surface area contributed by atoms with E-state index in [4.69, 9.17) is 5.84 Å². The monoisotopic (exact) mass is 287 g/mol. The summed E-state index contributed by atoms with van der Waals surface area (Å²) in [4.78, 5) is 10.5. The topological polar surface area (TPSA) is 93.7 Å². The van der Waals surface area contributed by atoms with Crippen LogP contribution in [0.3, 0.4) is 0 Å². The third-order valence-corrected chi connectivity index (χ3v) is 2.36.